The third kappa shape index (κ3) is 5.47. The van der Waals surface area contributed by atoms with Crippen molar-refractivity contribution in [3.63, 3.8) is 0 Å². The lowest BCUT2D eigenvalue weighted by Crippen LogP contribution is -2.31. The van der Waals surface area contributed by atoms with Crippen LogP contribution in [0, 0.1) is 0 Å². The predicted molar refractivity (Wildman–Crippen MR) is 140 cm³/mol. The second-order valence-corrected chi connectivity index (χ2v) is 10.7. The monoisotopic (exact) mass is 521 g/mol. The molecule has 2 N–H and O–H groups in total. The summed E-state index contributed by atoms with van der Waals surface area (Å²) in [7, 11) is -1.89. The number of aryl methyl sites for hydroxylation is 2. The summed E-state index contributed by atoms with van der Waals surface area (Å²) < 4.78 is 74.9. The summed E-state index contributed by atoms with van der Waals surface area (Å²) in [6, 6.07) is 4.58. The zero-order chi connectivity index (χ0) is 30.2. The minimum atomic E-state index is -3.92. The highest BCUT2D eigenvalue weighted by Gasteiger charge is 2.23. The Hall–Kier alpha value is -2.76. The molecule has 1 aliphatic rings. The molecule has 1 aliphatic heterocycles. The van der Waals surface area contributed by atoms with Gasteiger partial charge in [0.2, 0.25) is 10.0 Å². The van der Waals surface area contributed by atoms with Crippen molar-refractivity contribution in [1.29, 1.82) is 0 Å². The van der Waals surface area contributed by atoms with Crippen LogP contribution in [0.15, 0.2) is 27.9 Å². The molecule has 0 amide bonds. The highest BCUT2D eigenvalue weighted by Crippen LogP contribution is 2.31. The molecule has 11 heteroatoms. The molecule has 196 valence electrons. The van der Waals surface area contributed by atoms with Gasteiger partial charge in [-0.2, -0.15) is 5.10 Å². The van der Waals surface area contributed by atoms with E-state index in [1.54, 1.807) is 0 Å². The van der Waals surface area contributed by atoms with Crippen LogP contribution in [0.5, 0.6) is 5.75 Å². The van der Waals surface area contributed by atoms with Crippen molar-refractivity contribution in [2.45, 2.75) is 63.3 Å². The average Bonchev–Trinajstić information content (AvgIpc) is 3.45. The second-order valence-electron chi connectivity index (χ2n) is 8.97. The number of rotatable bonds is 11. The van der Waals surface area contributed by atoms with Crippen molar-refractivity contribution in [1.82, 2.24) is 29.4 Å². The van der Waals surface area contributed by atoms with Crippen LogP contribution in [0.2, 0.25) is 0 Å². The van der Waals surface area contributed by atoms with Gasteiger partial charge in [-0.3, -0.25) is 9.48 Å². The minimum absolute atomic E-state index is 0.00525. The Labute approximate surface area is 219 Å². The van der Waals surface area contributed by atoms with Gasteiger partial charge < -0.3 is 14.6 Å². The fraction of sp³-hybridized carbons (Fsp3) is 0.560. The molecule has 3 heterocycles. The molecule has 1 unspecified atom stereocenters. The van der Waals surface area contributed by atoms with Gasteiger partial charge in [-0.15, -0.1) is 0 Å². The Morgan fingerprint density at radius 2 is 2.19 bits per heavy atom. The topological polar surface area (TPSA) is 122 Å². The van der Waals surface area contributed by atoms with Crippen molar-refractivity contribution in [2.24, 2.45) is 6.98 Å². The molecular formula is C25H36N6O4S. The van der Waals surface area contributed by atoms with E-state index in [9.17, 15) is 13.2 Å². The van der Waals surface area contributed by atoms with Gasteiger partial charge >= 0.3 is 0 Å². The zero-order valence-corrected chi connectivity index (χ0v) is 21.6. The van der Waals surface area contributed by atoms with Gasteiger partial charge in [0.25, 0.3) is 5.56 Å². The maximum atomic E-state index is 13.2. The Bertz CT molecular complexity index is 1570. The maximum Gasteiger partial charge on any atom is 0.277 e. The lowest BCUT2D eigenvalue weighted by Gasteiger charge is -2.19. The molecule has 0 spiro atoms. The van der Waals surface area contributed by atoms with Crippen LogP contribution in [-0.4, -0.2) is 65.9 Å². The molecule has 3 aromatic rings. The summed E-state index contributed by atoms with van der Waals surface area (Å²) in [4.78, 5) is 22.5. The van der Waals surface area contributed by atoms with Crippen molar-refractivity contribution >= 4 is 21.1 Å². The number of hydrogen-bond acceptors (Lipinski definition) is 7. The average molecular weight is 522 g/mol. The molecule has 1 atom stereocenters. The van der Waals surface area contributed by atoms with Crippen molar-refractivity contribution in [2.75, 3.05) is 26.7 Å². The van der Waals surface area contributed by atoms with E-state index in [4.69, 9.17) is 11.6 Å². The Balaban J connectivity index is 1.79. The number of likely N-dealkylation sites (tertiary alicyclic amines) is 1. The maximum absolute atomic E-state index is 13.2. The van der Waals surface area contributed by atoms with E-state index in [0.717, 1.165) is 19.4 Å². The van der Waals surface area contributed by atoms with Crippen molar-refractivity contribution < 1.29 is 20.0 Å². The highest BCUT2D eigenvalue weighted by atomic mass is 32.2. The van der Waals surface area contributed by atoms with Crippen LogP contribution >= 0.6 is 0 Å². The summed E-state index contributed by atoms with van der Waals surface area (Å²) in [5.74, 6) is 0.220. The molecular weight excluding hydrogens is 480 g/mol. The van der Waals surface area contributed by atoms with Crippen LogP contribution < -0.4 is 15.0 Å². The number of hydrogen-bond donors (Lipinski definition) is 2. The van der Waals surface area contributed by atoms with E-state index >= 15 is 0 Å². The smallest absolute Gasteiger partial charge is 0.277 e. The molecule has 0 radical (unpaired) electrons. The summed E-state index contributed by atoms with van der Waals surface area (Å²) in [5.41, 5.74) is -1.05. The third-order valence-corrected chi connectivity index (χ3v) is 7.82. The molecule has 1 saturated heterocycles. The summed E-state index contributed by atoms with van der Waals surface area (Å²) >= 11 is 0. The molecule has 0 bridgehead atoms. The van der Waals surface area contributed by atoms with Crippen LogP contribution in [-0.2, 0) is 23.4 Å². The van der Waals surface area contributed by atoms with Gasteiger partial charge in [-0.05, 0) is 63.9 Å². The largest absolute Gasteiger partial charge is 0.493 e. The minimum Gasteiger partial charge on any atom is -0.493 e. The van der Waals surface area contributed by atoms with Gasteiger partial charge in [-0.1, -0.05) is 20.2 Å². The first-order chi connectivity index (χ1) is 19.1. The SMILES string of the molecule is [2H]C([2H])(C)Cc1nn(C([2H])([2H])[2H])c2c(=O)[nH]c(-c3cc(S(=O)(=O)NCCC4CCCN4C)ccc3OCCC)nc12. The second kappa shape index (κ2) is 11.1. The quantitative estimate of drug-likeness (QED) is 0.398. The number of fused-ring (bicyclic) bond motifs is 1. The number of ether oxygens (including phenoxy) is 1. The first-order valence-corrected chi connectivity index (χ1v) is 13.6. The molecule has 0 aliphatic carbocycles. The molecule has 1 fully saturated rings. The number of aromatic amines is 1. The zero-order valence-electron chi connectivity index (χ0n) is 25.8. The fourth-order valence-electron chi connectivity index (χ4n) is 4.48. The molecule has 0 saturated carbocycles. The lowest BCUT2D eigenvalue weighted by atomic mass is 10.1. The van der Waals surface area contributed by atoms with E-state index in [1.165, 1.54) is 25.1 Å². The molecule has 10 nitrogen and oxygen atoms in total. The first-order valence-electron chi connectivity index (χ1n) is 14.6. The van der Waals surface area contributed by atoms with Crippen LogP contribution in [0.25, 0.3) is 22.4 Å². The van der Waals surface area contributed by atoms with E-state index in [-0.39, 0.29) is 51.7 Å². The van der Waals surface area contributed by atoms with E-state index in [0.29, 0.717) is 30.2 Å². The fourth-order valence-corrected chi connectivity index (χ4v) is 5.56. The highest BCUT2D eigenvalue weighted by molar-refractivity contribution is 7.89. The number of aromatic nitrogens is 4. The van der Waals surface area contributed by atoms with Gasteiger partial charge in [-0.25, -0.2) is 18.1 Å². The Morgan fingerprint density at radius 3 is 2.89 bits per heavy atom. The standard InChI is InChI=1S/C25H36N6O4S/c1-5-8-20-22-23(31(4)29-20)25(32)28-24(27-22)19-16-18(10-11-21(19)35-15-6-2)36(33,34)26-13-12-17-9-7-14-30(17)3/h10-11,16-17,26H,5-9,12-15H2,1-4H3,(H,27,28,32)/i4D3,5D2. The van der Waals surface area contributed by atoms with E-state index in [2.05, 4.69) is 24.7 Å². The van der Waals surface area contributed by atoms with Crippen molar-refractivity contribution in [3.8, 4) is 17.1 Å². The van der Waals surface area contributed by atoms with Gasteiger partial charge in [0.05, 0.1) is 22.8 Å². The van der Waals surface area contributed by atoms with Gasteiger partial charge in [0.1, 0.15) is 17.1 Å². The van der Waals surface area contributed by atoms with Gasteiger partial charge in [0.15, 0.2) is 5.52 Å². The van der Waals surface area contributed by atoms with E-state index < -0.39 is 28.9 Å². The van der Waals surface area contributed by atoms with Crippen molar-refractivity contribution in [3.05, 3.63) is 34.2 Å². The number of nitrogens with one attached hydrogen (secondary N) is 2. The van der Waals surface area contributed by atoms with Crippen LogP contribution in [0.4, 0.5) is 0 Å². The molecule has 36 heavy (non-hydrogen) atoms. The first kappa shape index (κ1) is 20.3. The predicted octanol–water partition coefficient (Wildman–Crippen LogP) is 2.83. The van der Waals surface area contributed by atoms with Crippen LogP contribution in [0.3, 0.4) is 0 Å². The third-order valence-electron chi connectivity index (χ3n) is 6.36. The summed E-state index contributed by atoms with van der Waals surface area (Å²) in [6.07, 6.45) is 1.38. The number of sulfonamides is 1. The Morgan fingerprint density at radius 1 is 1.36 bits per heavy atom. The molecule has 4 rings (SSSR count). The summed E-state index contributed by atoms with van der Waals surface area (Å²) in [6.45, 7) is 1.98. The lowest BCUT2D eigenvalue weighted by molar-refractivity contribution is 0.297. The molecule has 2 aromatic heterocycles. The summed E-state index contributed by atoms with van der Waals surface area (Å²) in [5, 5.41) is 4.03. The Kier molecular flexibility index (Phi) is 6.26. The number of benzene rings is 1. The molecule has 1 aromatic carbocycles. The van der Waals surface area contributed by atoms with E-state index in [1.807, 2.05) is 14.0 Å². The van der Waals surface area contributed by atoms with Crippen LogP contribution in [0.1, 0.15) is 58.5 Å². The normalized spacial score (nSPS) is 19.5. The number of H-pyrrole nitrogens is 1. The van der Waals surface area contributed by atoms with Gasteiger partial charge in [0, 0.05) is 26.4 Å². The number of nitrogens with zero attached hydrogens (tertiary/aromatic N) is 4.